The first kappa shape index (κ1) is 15.1. The van der Waals surface area contributed by atoms with Crippen LogP contribution in [0.2, 0.25) is 10.0 Å². The van der Waals surface area contributed by atoms with Crippen molar-refractivity contribution in [3.05, 3.63) is 68.7 Å². The minimum atomic E-state index is 0.0279. The Balaban J connectivity index is 2.15. The van der Waals surface area contributed by atoms with Gasteiger partial charge in [0.05, 0.1) is 10.0 Å². The summed E-state index contributed by atoms with van der Waals surface area (Å²) < 4.78 is 0. The molecular formula is C17H16Cl2O. The van der Waals surface area contributed by atoms with E-state index in [-0.39, 0.29) is 5.78 Å². The first-order valence-corrected chi connectivity index (χ1v) is 7.28. The van der Waals surface area contributed by atoms with Gasteiger partial charge in [0.15, 0.2) is 5.78 Å². The Labute approximate surface area is 129 Å². The van der Waals surface area contributed by atoms with Crippen molar-refractivity contribution in [1.82, 2.24) is 0 Å². The summed E-state index contributed by atoms with van der Waals surface area (Å²) in [6.45, 7) is 4.14. The van der Waals surface area contributed by atoms with Crippen LogP contribution in [0.25, 0.3) is 0 Å². The number of halogens is 2. The van der Waals surface area contributed by atoms with Gasteiger partial charge in [-0.15, -0.1) is 0 Å². The van der Waals surface area contributed by atoms with Crippen LogP contribution in [0.15, 0.2) is 36.4 Å². The molecule has 2 aromatic rings. The van der Waals surface area contributed by atoms with Crippen molar-refractivity contribution in [2.75, 3.05) is 0 Å². The normalized spacial score (nSPS) is 10.6. The number of rotatable bonds is 4. The van der Waals surface area contributed by atoms with Gasteiger partial charge in [-0.1, -0.05) is 47.5 Å². The zero-order valence-electron chi connectivity index (χ0n) is 11.5. The van der Waals surface area contributed by atoms with Crippen molar-refractivity contribution in [3.63, 3.8) is 0 Å². The minimum absolute atomic E-state index is 0.0279. The van der Waals surface area contributed by atoms with Crippen LogP contribution in [0.3, 0.4) is 0 Å². The summed E-state index contributed by atoms with van der Waals surface area (Å²) in [6, 6.07) is 11.3. The van der Waals surface area contributed by atoms with Gasteiger partial charge in [0.25, 0.3) is 0 Å². The van der Waals surface area contributed by atoms with Crippen LogP contribution in [0.4, 0.5) is 0 Å². The highest BCUT2D eigenvalue weighted by atomic mass is 35.5. The molecule has 0 unspecified atom stereocenters. The maximum atomic E-state index is 12.3. The molecule has 0 saturated carbocycles. The van der Waals surface area contributed by atoms with Gasteiger partial charge in [-0.2, -0.15) is 0 Å². The zero-order chi connectivity index (χ0) is 14.7. The van der Waals surface area contributed by atoms with Crippen molar-refractivity contribution in [1.29, 1.82) is 0 Å². The van der Waals surface area contributed by atoms with Crippen molar-refractivity contribution in [2.24, 2.45) is 0 Å². The lowest BCUT2D eigenvalue weighted by Gasteiger charge is -2.10. The van der Waals surface area contributed by atoms with E-state index in [1.807, 2.05) is 6.07 Å². The van der Waals surface area contributed by atoms with E-state index in [2.05, 4.69) is 26.0 Å². The smallest absolute Gasteiger partial charge is 0.164 e. The highest BCUT2D eigenvalue weighted by molar-refractivity contribution is 6.43. The van der Waals surface area contributed by atoms with Crippen LogP contribution < -0.4 is 0 Å². The molecule has 3 heteroatoms. The predicted molar refractivity (Wildman–Crippen MR) is 85.0 cm³/mol. The van der Waals surface area contributed by atoms with Crippen LogP contribution in [-0.2, 0) is 6.42 Å². The average Bonchev–Trinajstić information content (AvgIpc) is 2.41. The van der Waals surface area contributed by atoms with E-state index in [9.17, 15) is 4.79 Å². The summed E-state index contributed by atoms with van der Waals surface area (Å²) in [7, 11) is 0. The van der Waals surface area contributed by atoms with Crippen LogP contribution in [0.1, 0.15) is 33.5 Å². The van der Waals surface area contributed by atoms with Gasteiger partial charge >= 0.3 is 0 Å². The average molecular weight is 307 g/mol. The molecule has 0 saturated heterocycles. The third-order valence-corrected chi connectivity index (χ3v) is 4.32. The molecule has 0 amide bonds. The summed E-state index contributed by atoms with van der Waals surface area (Å²) in [5.74, 6) is 0.0279. The number of hydrogen-bond acceptors (Lipinski definition) is 1. The van der Waals surface area contributed by atoms with Gasteiger partial charge in [0, 0.05) is 12.0 Å². The van der Waals surface area contributed by atoms with E-state index in [4.69, 9.17) is 23.2 Å². The Hall–Kier alpha value is -1.31. The Morgan fingerprint density at radius 3 is 2.25 bits per heavy atom. The molecule has 0 aromatic heterocycles. The lowest BCUT2D eigenvalue weighted by molar-refractivity contribution is 0.0983. The van der Waals surface area contributed by atoms with E-state index >= 15 is 0 Å². The molecule has 0 heterocycles. The molecule has 0 aliphatic rings. The third kappa shape index (κ3) is 3.23. The van der Waals surface area contributed by atoms with Crippen molar-refractivity contribution in [3.8, 4) is 0 Å². The van der Waals surface area contributed by atoms with E-state index in [1.54, 1.807) is 18.2 Å². The molecule has 2 aromatic carbocycles. The van der Waals surface area contributed by atoms with E-state index in [0.717, 1.165) is 6.42 Å². The topological polar surface area (TPSA) is 17.1 Å². The Morgan fingerprint density at radius 2 is 1.60 bits per heavy atom. The molecular weight excluding hydrogens is 291 g/mol. The number of ketones is 1. The fraction of sp³-hybridized carbons (Fsp3) is 0.235. The third-order valence-electron chi connectivity index (χ3n) is 3.50. The quantitative estimate of drug-likeness (QED) is 0.689. The second-order valence-electron chi connectivity index (χ2n) is 4.89. The number of carbonyl (C=O) groups excluding carboxylic acids is 1. The SMILES string of the molecule is Cc1cccc(C)c1CCC(=O)c1cccc(Cl)c1Cl. The Morgan fingerprint density at radius 1 is 1.00 bits per heavy atom. The molecule has 0 aliphatic heterocycles. The standard InChI is InChI=1S/C17H16Cl2O/c1-11-5-3-6-12(2)13(11)9-10-16(20)14-7-4-8-15(18)17(14)19/h3-8H,9-10H2,1-2H3. The molecule has 0 radical (unpaired) electrons. The minimum Gasteiger partial charge on any atom is -0.294 e. The van der Waals surface area contributed by atoms with Crippen LogP contribution in [-0.4, -0.2) is 5.78 Å². The molecule has 0 spiro atoms. The summed E-state index contributed by atoms with van der Waals surface area (Å²) in [5.41, 5.74) is 4.18. The van der Waals surface area contributed by atoms with E-state index < -0.39 is 0 Å². The molecule has 0 bridgehead atoms. The number of benzene rings is 2. The van der Waals surface area contributed by atoms with Gasteiger partial charge in [0.1, 0.15) is 0 Å². The largest absolute Gasteiger partial charge is 0.294 e. The van der Waals surface area contributed by atoms with E-state index in [1.165, 1.54) is 16.7 Å². The first-order valence-electron chi connectivity index (χ1n) is 6.53. The molecule has 0 fully saturated rings. The Kier molecular flexibility index (Phi) is 4.85. The van der Waals surface area contributed by atoms with Crippen molar-refractivity contribution >= 4 is 29.0 Å². The molecule has 20 heavy (non-hydrogen) atoms. The number of Topliss-reactive ketones (excluding diaryl/α,β-unsaturated/α-hetero) is 1. The summed E-state index contributed by atoms with van der Waals surface area (Å²) in [4.78, 5) is 12.3. The molecule has 0 atom stereocenters. The number of hydrogen-bond donors (Lipinski definition) is 0. The van der Waals surface area contributed by atoms with Crippen LogP contribution in [0, 0.1) is 13.8 Å². The van der Waals surface area contributed by atoms with Gasteiger partial charge in [0.2, 0.25) is 0 Å². The van der Waals surface area contributed by atoms with Gasteiger partial charge < -0.3 is 0 Å². The highest BCUT2D eigenvalue weighted by Crippen LogP contribution is 2.27. The molecule has 104 valence electrons. The highest BCUT2D eigenvalue weighted by Gasteiger charge is 2.13. The maximum absolute atomic E-state index is 12.3. The van der Waals surface area contributed by atoms with Gasteiger partial charge in [-0.05, 0) is 49.1 Å². The fourth-order valence-electron chi connectivity index (χ4n) is 2.34. The molecule has 0 aliphatic carbocycles. The summed E-state index contributed by atoms with van der Waals surface area (Å²) in [6.07, 6.45) is 1.16. The second kappa shape index (κ2) is 6.43. The predicted octanol–water partition coefficient (Wildman–Crippen LogP) is 5.43. The first-order chi connectivity index (χ1) is 9.50. The Bertz CT molecular complexity index is 627. The molecule has 1 nitrogen and oxygen atoms in total. The second-order valence-corrected chi connectivity index (χ2v) is 5.68. The summed E-state index contributed by atoms with van der Waals surface area (Å²) >= 11 is 12.0. The van der Waals surface area contributed by atoms with Crippen molar-refractivity contribution < 1.29 is 4.79 Å². The molecule has 0 N–H and O–H groups in total. The van der Waals surface area contributed by atoms with Gasteiger partial charge in [-0.25, -0.2) is 0 Å². The lowest BCUT2D eigenvalue weighted by atomic mass is 9.96. The number of carbonyl (C=O) groups is 1. The van der Waals surface area contributed by atoms with E-state index in [0.29, 0.717) is 22.0 Å². The maximum Gasteiger partial charge on any atom is 0.164 e. The lowest BCUT2D eigenvalue weighted by Crippen LogP contribution is -2.04. The fourth-order valence-corrected chi connectivity index (χ4v) is 2.74. The van der Waals surface area contributed by atoms with Crippen LogP contribution >= 0.6 is 23.2 Å². The van der Waals surface area contributed by atoms with Gasteiger partial charge in [-0.3, -0.25) is 4.79 Å². The summed E-state index contributed by atoms with van der Waals surface area (Å²) in [5, 5.41) is 0.769. The van der Waals surface area contributed by atoms with Crippen LogP contribution in [0.5, 0.6) is 0 Å². The monoisotopic (exact) mass is 306 g/mol. The number of aryl methyl sites for hydroxylation is 2. The zero-order valence-corrected chi connectivity index (χ0v) is 13.1. The van der Waals surface area contributed by atoms with Crippen molar-refractivity contribution in [2.45, 2.75) is 26.7 Å². The molecule has 2 rings (SSSR count).